The predicted molar refractivity (Wildman–Crippen MR) is 52.7 cm³/mol. The number of nitrogens with zero attached hydrogens (tertiary/aromatic N) is 2. The Balaban J connectivity index is 2.05. The summed E-state index contributed by atoms with van der Waals surface area (Å²) in [6.45, 7) is 0.680. The Labute approximate surface area is 86.1 Å². The van der Waals surface area contributed by atoms with Gasteiger partial charge in [-0.25, -0.2) is 4.79 Å². The molecule has 0 aromatic carbocycles. The van der Waals surface area contributed by atoms with Crippen molar-refractivity contribution in [3.63, 3.8) is 0 Å². The highest BCUT2D eigenvalue weighted by atomic mass is 16.4. The molecule has 2 heterocycles. The zero-order valence-corrected chi connectivity index (χ0v) is 8.01. The lowest BCUT2D eigenvalue weighted by Gasteiger charge is -2.09. The van der Waals surface area contributed by atoms with Gasteiger partial charge in [0.15, 0.2) is 0 Å². The third-order valence-electron chi connectivity index (χ3n) is 2.47. The van der Waals surface area contributed by atoms with Crippen LogP contribution in [0.3, 0.4) is 0 Å². The summed E-state index contributed by atoms with van der Waals surface area (Å²) < 4.78 is 0. The van der Waals surface area contributed by atoms with E-state index in [1.54, 1.807) is 0 Å². The van der Waals surface area contributed by atoms with Crippen LogP contribution in [0.15, 0.2) is 16.6 Å². The summed E-state index contributed by atoms with van der Waals surface area (Å²) in [7, 11) is 0. The zero-order valence-electron chi connectivity index (χ0n) is 8.01. The number of carbonyl (C=O) groups is 2. The van der Waals surface area contributed by atoms with Crippen molar-refractivity contribution < 1.29 is 14.7 Å². The molecule has 15 heavy (non-hydrogen) atoms. The van der Waals surface area contributed by atoms with E-state index in [1.165, 1.54) is 4.90 Å². The van der Waals surface area contributed by atoms with E-state index in [0.29, 0.717) is 13.1 Å². The molecule has 1 fully saturated rings. The minimum Gasteiger partial charge on any atom is -0.465 e. The molecule has 0 aromatic heterocycles. The summed E-state index contributed by atoms with van der Waals surface area (Å²) in [5.74, 6) is -0.392. The average Bonchev–Trinajstić information content (AvgIpc) is 2.58. The number of nitrogens with two attached hydrogens (primary N) is 1. The third-order valence-corrected chi connectivity index (χ3v) is 2.47. The van der Waals surface area contributed by atoms with Crippen LogP contribution in [0, 0.1) is 0 Å². The fraction of sp³-hybridized carbons (Fsp3) is 0.444. The number of carboxylic acid groups (broad SMARTS) is 1. The maximum atomic E-state index is 10.7. The van der Waals surface area contributed by atoms with E-state index >= 15 is 0 Å². The molecule has 6 heteroatoms. The summed E-state index contributed by atoms with van der Waals surface area (Å²) in [4.78, 5) is 26.9. The maximum absolute atomic E-state index is 10.7. The fourth-order valence-electron chi connectivity index (χ4n) is 1.82. The SMILES string of the molecule is NC(=O)CC1C=C2CN(C(=O)O)CC2=N1. The monoisotopic (exact) mass is 209 g/mol. The first kappa shape index (κ1) is 9.70. The second-order valence-corrected chi connectivity index (χ2v) is 3.64. The molecular weight excluding hydrogens is 198 g/mol. The van der Waals surface area contributed by atoms with E-state index in [4.69, 9.17) is 10.8 Å². The van der Waals surface area contributed by atoms with Crippen molar-refractivity contribution in [2.24, 2.45) is 10.7 Å². The molecule has 1 saturated heterocycles. The molecule has 2 aliphatic rings. The van der Waals surface area contributed by atoms with Crippen molar-refractivity contribution >= 4 is 17.7 Å². The average molecular weight is 209 g/mol. The molecule has 3 N–H and O–H groups in total. The molecule has 2 rings (SSSR count). The predicted octanol–water partition coefficient (Wildman–Crippen LogP) is -0.395. The van der Waals surface area contributed by atoms with Gasteiger partial charge in [-0.2, -0.15) is 0 Å². The second kappa shape index (κ2) is 3.38. The quantitative estimate of drug-likeness (QED) is 0.647. The Morgan fingerprint density at radius 3 is 2.87 bits per heavy atom. The highest BCUT2D eigenvalue weighted by Gasteiger charge is 2.31. The molecule has 0 radical (unpaired) electrons. The lowest BCUT2D eigenvalue weighted by Crippen LogP contribution is -2.27. The van der Waals surface area contributed by atoms with Gasteiger partial charge in [-0.3, -0.25) is 14.7 Å². The molecule has 0 aliphatic carbocycles. The fourth-order valence-corrected chi connectivity index (χ4v) is 1.82. The smallest absolute Gasteiger partial charge is 0.407 e. The van der Waals surface area contributed by atoms with Crippen molar-refractivity contribution in [1.82, 2.24) is 4.90 Å². The largest absolute Gasteiger partial charge is 0.465 e. The van der Waals surface area contributed by atoms with Gasteiger partial charge in [0, 0.05) is 0 Å². The van der Waals surface area contributed by atoms with Crippen molar-refractivity contribution in [3.05, 3.63) is 11.6 Å². The summed E-state index contributed by atoms with van der Waals surface area (Å²) in [5.41, 5.74) is 6.73. The number of rotatable bonds is 2. The Hall–Kier alpha value is -1.85. The van der Waals surface area contributed by atoms with Crippen LogP contribution in [0.5, 0.6) is 0 Å². The molecule has 0 saturated carbocycles. The normalized spacial score (nSPS) is 23.5. The third kappa shape index (κ3) is 1.83. The number of hydrogen-bond acceptors (Lipinski definition) is 3. The Morgan fingerprint density at radius 1 is 1.60 bits per heavy atom. The number of hydrogen-bond donors (Lipinski definition) is 2. The molecule has 0 aromatic rings. The molecule has 0 spiro atoms. The molecule has 6 nitrogen and oxygen atoms in total. The molecule has 0 bridgehead atoms. The van der Waals surface area contributed by atoms with E-state index in [1.807, 2.05) is 6.08 Å². The Kier molecular flexibility index (Phi) is 2.18. The first-order chi connectivity index (χ1) is 7.06. The number of likely N-dealkylation sites (tertiary alicyclic amines) is 1. The van der Waals surface area contributed by atoms with Crippen molar-refractivity contribution in [2.75, 3.05) is 13.1 Å². The minimum absolute atomic E-state index is 0.191. The number of primary amides is 1. The van der Waals surface area contributed by atoms with Crippen LogP contribution in [0.2, 0.25) is 0 Å². The molecule has 2 aliphatic heterocycles. The van der Waals surface area contributed by atoms with Gasteiger partial charge in [0.2, 0.25) is 5.91 Å². The highest BCUT2D eigenvalue weighted by molar-refractivity contribution is 6.07. The van der Waals surface area contributed by atoms with Gasteiger partial charge in [0.25, 0.3) is 0 Å². The van der Waals surface area contributed by atoms with Crippen LogP contribution < -0.4 is 5.73 Å². The first-order valence-electron chi connectivity index (χ1n) is 4.60. The molecule has 80 valence electrons. The van der Waals surface area contributed by atoms with Gasteiger partial charge in [-0.1, -0.05) is 6.08 Å². The first-order valence-corrected chi connectivity index (χ1v) is 4.60. The lowest BCUT2D eigenvalue weighted by molar-refractivity contribution is -0.118. The summed E-state index contributed by atoms with van der Waals surface area (Å²) in [6.07, 6.45) is 1.07. The van der Waals surface area contributed by atoms with Crippen LogP contribution >= 0.6 is 0 Å². The Bertz CT molecular complexity index is 364. The second-order valence-electron chi connectivity index (χ2n) is 3.64. The van der Waals surface area contributed by atoms with E-state index in [0.717, 1.165) is 11.3 Å². The van der Waals surface area contributed by atoms with Crippen molar-refractivity contribution in [3.8, 4) is 0 Å². The van der Waals surface area contributed by atoms with Gasteiger partial charge in [0.1, 0.15) is 0 Å². The number of aliphatic imine (C=N–C) groups is 1. The summed E-state index contributed by atoms with van der Waals surface area (Å²) in [5, 5.41) is 8.75. The summed E-state index contributed by atoms with van der Waals surface area (Å²) in [6, 6.07) is -0.191. The molecular formula is C9H11N3O3. The number of fused-ring (bicyclic) bond motifs is 1. The number of amides is 2. The van der Waals surface area contributed by atoms with Gasteiger partial charge < -0.3 is 10.8 Å². The molecule has 1 unspecified atom stereocenters. The van der Waals surface area contributed by atoms with E-state index in [-0.39, 0.29) is 12.5 Å². The van der Waals surface area contributed by atoms with Gasteiger partial charge in [0.05, 0.1) is 31.3 Å². The minimum atomic E-state index is -0.945. The van der Waals surface area contributed by atoms with E-state index in [2.05, 4.69) is 4.99 Å². The topological polar surface area (TPSA) is 96.0 Å². The summed E-state index contributed by atoms with van der Waals surface area (Å²) >= 11 is 0. The lowest BCUT2D eigenvalue weighted by atomic mass is 10.1. The van der Waals surface area contributed by atoms with Gasteiger partial charge >= 0.3 is 6.09 Å². The van der Waals surface area contributed by atoms with E-state index in [9.17, 15) is 9.59 Å². The molecule has 1 atom stereocenters. The van der Waals surface area contributed by atoms with Gasteiger partial charge in [-0.15, -0.1) is 0 Å². The maximum Gasteiger partial charge on any atom is 0.407 e. The van der Waals surface area contributed by atoms with Crippen LogP contribution in [0.1, 0.15) is 6.42 Å². The number of carbonyl (C=O) groups excluding carboxylic acids is 1. The molecule has 2 amide bonds. The van der Waals surface area contributed by atoms with Crippen LogP contribution in [-0.4, -0.2) is 46.8 Å². The van der Waals surface area contributed by atoms with Crippen LogP contribution in [0.25, 0.3) is 0 Å². The van der Waals surface area contributed by atoms with Gasteiger partial charge in [-0.05, 0) is 5.57 Å². The van der Waals surface area contributed by atoms with Crippen molar-refractivity contribution in [2.45, 2.75) is 12.5 Å². The Morgan fingerprint density at radius 2 is 2.33 bits per heavy atom. The van der Waals surface area contributed by atoms with Crippen LogP contribution in [0.4, 0.5) is 4.79 Å². The highest BCUT2D eigenvalue weighted by Crippen LogP contribution is 2.22. The standard InChI is InChI=1S/C9H11N3O3/c10-8(13)2-6-1-5-3-12(9(14)15)4-7(5)11-6/h1,6H,2-4H2,(H2,10,13)(H,14,15). The van der Waals surface area contributed by atoms with E-state index < -0.39 is 12.0 Å². The zero-order chi connectivity index (χ0) is 11.0. The van der Waals surface area contributed by atoms with Crippen LogP contribution in [-0.2, 0) is 4.79 Å². The van der Waals surface area contributed by atoms with Crippen molar-refractivity contribution in [1.29, 1.82) is 0 Å².